The summed E-state index contributed by atoms with van der Waals surface area (Å²) in [5, 5.41) is 3.17. The summed E-state index contributed by atoms with van der Waals surface area (Å²) in [5.74, 6) is -0.00597. The van der Waals surface area contributed by atoms with Gasteiger partial charge < -0.3 is 5.32 Å². The maximum absolute atomic E-state index is 12.3. The fourth-order valence-electron chi connectivity index (χ4n) is 3.25. The molecular formula is C16H27Cl2N3O. The van der Waals surface area contributed by atoms with Crippen LogP contribution in [-0.2, 0) is 0 Å². The normalized spacial score (nSPS) is 20.4. The Bertz CT molecular complexity index is 473. The van der Waals surface area contributed by atoms with Gasteiger partial charge in [-0.3, -0.25) is 14.7 Å². The van der Waals surface area contributed by atoms with Crippen LogP contribution in [0.2, 0.25) is 0 Å². The predicted octanol–water partition coefficient (Wildman–Crippen LogP) is 3.31. The van der Waals surface area contributed by atoms with Crippen LogP contribution in [0.25, 0.3) is 0 Å². The van der Waals surface area contributed by atoms with Crippen LogP contribution < -0.4 is 5.32 Å². The lowest BCUT2D eigenvalue weighted by molar-refractivity contribution is -0.0169. The summed E-state index contributed by atoms with van der Waals surface area (Å²) in [5.41, 5.74) is 0.838. The Hall–Kier alpha value is -0.840. The third kappa shape index (κ3) is 4.58. The van der Waals surface area contributed by atoms with Gasteiger partial charge in [-0.2, -0.15) is 0 Å². The van der Waals surface area contributed by atoms with E-state index < -0.39 is 0 Å². The molecule has 1 N–H and O–H groups in total. The molecule has 0 unspecified atom stereocenters. The standard InChI is InChI=1S/C16H25N3O.2ClH/c1-15(2)10-13(11-16(3,4)19(15)5)18-14(20)12-6-8-17-9-7-12;;/h6-9,13H,10-11H2,1-5H3,(H,18,20);2*1H. The van der Waals surface area contributed by atoms with E-state index in [1.807, 2.05) is 0 Å². The molecule has 22 heavy (non-hydrogen) atoms. The number of rotatable bonds is 2. The highest BCUT2D eigenvalue weighted by Crippen LogP contribution is 2.36. The molecule has 1 aromatic heterocycles. The molecule has 1 amide bonds. The fourth-order valence-corrected chi connectivity index (χ4v) is 3.25. The van der Waals surface area contributed by atoms with Crippen LogP contribution in [0, 0.1) is 0 Å². The van der Waals surface area contributed by atoms with Gasteiger partial charge in [0.15, 0.2) is 0 Å². The van der Waals surface area contributed by atoms with Crippen molar-refractivity contribution >= 4 is 30.7 Å². The zero-order chi connectivity index (χ0) is 15.0. The molecule has 126 valence electrons. The molecule has 1 saturated heterocycles. The minimum Gasteiger partial charge on any atom is -0.349 e. The van der Waals surface area contributed by atoms with E-state index in [2.05, 4.69) is 49.9 Å². The van der Waals surface area contributed by atoms with E-state index in [0.717, 1.165) is 12.8 Å². The van der Waals surface area contributed by atoms with Crippen molar-refractivity contribution < 1.29 is 4.79 Å². The topological polar surface area (TPSA) is 45.2 Å². The second-order valence-corrected chi connectivity index (χ2v) is 7.00. The number of carbonyl (C=O) groups excluding carboxylic acids is 1. The van der Waals surface area contributed by atoms with Gasteiger partial charge in [-0.05, 0) is 59.7 Å². The molecule has 4 nitrogen and oxygen atoms in total. The van der Waals surface area contributed by atoms with Crippen LogP contribution in [0.4, 0.5) is 0 Å². The van der Waals surface area contributed by atoms with Crippen molar-refractivity contribution in [3.63, 3.8) is 0 Å². The van der Waals surface area contributed by atoms with Crippen LogP contribution in [0.3, 0.4) is 0 Å². The zero-order valence-corrected chi connectivity index (χ0v) is 15.6. The van der Waals surface area contributed by atoms with Crippen molar-refractivity contribution in [2.24, 2.45) is 0 Å². The van der Waals surface area contributed by atoms with Gasteiger partial charge in [0.05, 0.1) is 0 Å². The summed E-state index contributed by atoms with van der Waals surface area (Å²) < 4.78 is 0. The van der Waals surface area contributed by atoms with Crippen LogP contribution in [0.1, 0.15) is 50.9 Å². The first kappa shape index (κ1) is 21.2. The van der Waals surface area contributed by atoms with E-state index in [1.165, 1.54) is 0 Å². The maximum atomic E-state index is 12.3. The Morgan fingerprint density at radius 1 is 1.14 bits per heavy atom. The monoisotopic (exact) mass is 347 g/mol. The SMILES string of the molecule is CN1C(C)(C)CC(NC(=O)c2ccncc2)CC1(C)C.Cl.Cl. The first-order chi connectivity index (χ1) is 9.22. The molecule has 1 aliphatic rings. The van der Waals surface area contributed by atoms with Gasteiger partial charge >= 0.3 is 0 Å². The molecule has 0 atom stereocenters. The van der Waals surface area contributed by atoms with Crippen LogP contribution in [-0.4, -0.2) is 40.0 Å². The minimum atomic E-state index is -0.00597. The highest BCUT2D eigenvalue weighted by Gasteiger charge is 2.43. The number of nitrogens with zero attached hydrogens (tertiary/aromatic N) is 2. The summed E-state index contributed by atoms with van der Waals surface area (Å²) in [6.45, 7) is 8.94. The highest BCUT2D eigenvalue weighted by atomic mass is 35.5. The van der Waals surface area contributed by atoms with Gasteiger partial charge in [0.1, 0.15) is 0 Å². The van der Waals surface area contributed by atoms with Crippen LogP contribution >= 0.6 is 24.8 Å². The number of aromatic nitrogens is 1. The van der Waals surface area contributed by atoms with Crippen LogP contribution in [0.5, 0.6) is 0 Å². The van der Waals surface area contributed by atoms with Gasteiger partial charge in [0, 0.05) is 35.1 Å². The van der Waals surface area contributed by atoms with Crippen molar-refractivity contribution in [1.82, 2.24) is 15.2 Å². The first-order valence-electron chi connectivity index (χ1n) is 7.17. The largest absolute Gasteiger partial charge is 0.349 e. The Labute approximate surface area is 145 Å². The molecule has 1 fully saturated rings. The molecule has 0 saturated carbocycles. The number of piperidine rings is 1. The van der Waals surface area contributed by atoms with Crippen LogP contribution in [0.15, 0.2) is 24.5 Å². The quantitative estimate of drug-likeness (QED) is 0.892. The average molecular weight is 348 g/mol. The lowest BCUT2D eigenvalue weighted by Gasteiger charge is -2.53. The van der Waals surface area contributed by atoms with Gasteiger partial charge in [-0.15, -0.1) is 24.8 Å². The molecule has 0 spiro atoms. The molecule has 6 heteroatoms. The number of likely N-dealkylation sites (tertiary alicyclic amines) is 1. The summed E-state index contributed by atoms with van der Waals surface area (Å²) in [4.78, 5) is 18.6. The van der Waals surface area contributed by atoms with Gasteiger partial charge in [-0.1, -0.05) is 0 Å². The van der Waals surface area contributed by atoms with E-state index in [0.29, 0.717) is 5.56 Å². The molecular weight excluding hydrogens is 321 g/mol. The number of pyridine rings is 1. The Morgan fingerprint density at radius 2 is 1.59 bits per heavy atom. The molecule has 0 aromatic carbocycles. The number of nitrogens with one attached hydrogen (secondary N) is 1. The molecule has 2 rings (SSSR count). The third-order valence-electron chi connectivity index (χ3n) is 4.59. The van der Waals surface area contributed by atoms with Crippen molar-refractivity contribution in [3.8, 4) is 0 Å². The molecule has 1 aliphatic heterocycles. The number of hydrogen-bond donors (Lipinski definition) is 1. The number of carbonyl (C=O) groups is 1. The summed E-state index contributed by atoms with van der Waals surface area (Å²) in [6.07, 6.45) is 5.22. The summed E-state index contributed by atoms with van der Waals surface area (Å²) in [6, 6.07) is 3.71. The van der Waals surface area contributed by atoms with E-state index >= 15 is 0 Å². The Kier molecular flexibility index (Phi) is 7.33. The molecule has 0 aliphatic carbocycles. The summed E-state index contributed by atoms with van der Waals surface area (Å²) in [7, 11) is 2.17. The van der Waals surface area contributed by atoms with Crippen molar-refractivity contribution in [1.29, 1.82) is 0 Å². The highest BCUT2D eigenvalue weighted by molar-refractivity contribution is 5.94. The third-order valence-corrected chi connectivity index (χ3v) is 4.59. The van der Waals surface area contributed by atoms with Crippen molar-refractivity contribution in [3.05, 3.63) is 30.1 Å². The van der Waals surface area contributed by atoms with Gasteiger partial charge in [0.25, 0.3) is 5.91 Å². The smallest absolute Gasteiger partial charge is 0.251 e. The molecule has 1 aromatic rings. The van der Waals surface area contributed by atoms with Crippen molar-refractivity contribution in [2.45, 2.75) is 57.7 Å². The Balaban J connectivity index is 0.00000220. The van der Waals surface area contributed by atoms with Gasteiger partial charge in [0.2, 0.25) is 0 Å². The molecule has 2 heterocycles. The lowest BCUT2D eigenvalue weighted by Crippen LogP contribution is -2.62. The van der Waals surface area contributed by atoms with Crippen molar-refractivity contribution in [2.75, 3.05) is 7.05 Å². The Morgan fingerprint density at radius 3 is 2.05 bits per heavy atom. The van der Waals surface area contributed by atoms with Gasteiger partial charge in [-0.25, -0.2) is 0 Å². The average Bonchev–Trinajstić information content (AvgIpc) is 2.36. The second kappa shape index (κ2) is 7.62. The first-order valence-corrected chi connectivity index (χ1v) is 7.17. The summed E-state index contributed by atoms with van der Waals surface area (Å²) >= 11 is 0. The molecule has 0 radical (unpaired) electrons. The van der Waals surface area contributed by atoms with E-state index in [1.54, 1.807) is 24.5 Å². The lowest BCUT2D eigenvalue weighted by atomic mass is 9.77. The second-order valence-electron chi connectivity index (χ2n) is 7.00. The zero-order valence-electron chi connectivity index (χ0n) is 13.9. The number of hydrogen-bond acceptors (Lipinski definition) is 3. The van der Waals surface area contributed by atoms with E-state index in [9.17, 15) is 4.79 Å². The maximum Gasteiger partial charge on any atom is 0.251 e. The fraction of sp³-hybridized carbons (Fsp3) is 0.625. The molecule has 0 bridgehead atoms. The van der Waals surface area contributed by atoms with E-state index in [4.69, 9.17) is 0 Å². The minimum absolute atomic E-state index is 0. The number of halogens is 2. The number of amides is 1. The predicted molar refractivity (Wildman–Crippen MR) is 95.1 cm³/mol. The van der Waals surface area contributed by atoms with E-state index in [-0.39, 0.29) is 47.8 Å².